The van der Waals surface area contributed by atoms with Gasteiger partial charge in [-0.25, -0.2) is 9.78 Å². The minimum atomic E-state index is -0.109. The zero-order chi connectivity index (χ0) is 25.5. The Kier molecular flexibility index (Phi) is 6.32. The van der Waals surface area contributed by atoms with E-state index in [1.54, 1.807) is 10.8 Å². The van der Waals surface area contributed by atoms with Crippen molar-refractivity contribution in [3.8, 4) is 0 Å². The fourth-order valence-corrected chi connectivity index (χ4v) is 5.49. The number of hydrogen-bond donors (Lipinski definition) is 2. The molecule has 1 amide bonds. The standard InChI is InChI=1S/C28H35N7O2/c1-3-25(36)34-14-12-33(13-15-34)24(16-19-4-5-19)21-8-6-20(7-9-21)18(2)30-27-29-17-23-26(32-27)35(22-10-11-22)28(37)31-23/h3,6-9,17-19,22,24H,1,4-5,10-16H2,2H3,(H,31,37)(H,29,30,32)/t18-,24+/m0/s1. The number of imidazole rings is 1. The summed E-state index contributed by atoms with van der Waals surface area (Å²) in [5, 5.41) is 3.41. The van der Waals surface area contributed by atoms with Crippen molar-refractivity contribution < 1.29 is 4.79 Å². The molecule has 3 aromatic rings. The summed E-state index contributed by atoms with van der Waals surface area (Å²) < 4.78 is 1.76. The van der Waals surface area contributed by atoms with E-state index < -0.39 is 0 Å². The largest absolute Gasteiger partial charge is 0.348 e. The number of amides is 1. The molecule has 1 aromatic carbocycles. The van der Waals surface area contributed by atoms with Crippen LogP contribution in [0.2, 0.25) is 0 Å². The SMILES string of the molecule is C=CC(=O)N1CCN([C@H](CC2CC2)c2ccc([C@H](C)Nc3ncc4[nH]c(=O)n(C5CC5)c4n3)cc2)CC1. The highest BCUT2D eigenvalue weighted by atomic mass is 16.2. The molecule has 37 heavy (non-hydrogen) atoms. The molecule has 1 saturated heterocycles. The van der Waals surface area contributed by atoms with Crippen molar-refractivity contribution in [2.24, 2.45) is 5.92 Å². The van der Waals surface area contributed by atoms with Gasteiger partial charge in [0.05, 0.1) is 12.2 Å². The normalized spacial score (nSPS) is 20.1. The van der Waals surface area contributed by atoms with Crippen LogP contribution in [0.5, 0.6) is 0 Å². The van der Waals surface area contributed by atoms with Crippen molar-refractivity contribution in [3.05, 3.63) is 64.7 Å². The number of aromatic nitrogens is 4. The Bertz CT molecular complexity index is 1350. The molecule has 0 spiro atoms. The topological polar surface area (TPSA) is 99.2 Å². The van der Waals surface area contributed by atoms with E-state index in [2.05, 4.69) is 62.9 Å². The van der Waals surface area contributed by atoms with Crippen LogP contribution in [0.3, 0.4) is 0 Å². The van der Waals surface area contributed by atoms with Gasteiger partial charge in [0.15, 0.2) is 5.65 Å². The molecule has 3 heterocycles. The molecule has 2 aromatic heterocycles. The number of aromatic amines is 1. The monoisotopic (exact) mass is 501 g/mol. The molecule has 2 atom stereocenters. The first-order valence-electron chi connectivity index (χ1n) is 13.5. The van der Waals surface area contributed by atoms with Crippen LogP contribution >= 0.6 is 0 Å². The van der Waals surface area contributed by atoms with Gasteiger partial charge in [-0.1, -0.05) is 43.7 Å². The van der Waals surface area contributed by atoms with Gasteiger partial charge in [0.2, 0.25) is 11.9 Å². The third-order valence-corrected chi connectivity index (χ3v) is 8.03. The summed E-state index contributed by atoms with van der Waals surface area (Å²) in [6.45, 7) is 9.02. The number of carbonyl (C=O) groups excluding carboxylic acids is 1. The Morgan fingerprint density at radius 2 is 1.84 bits per heavy atom. The van der Waals surface area contributed by atoms with Gasteiger partial charge >= 0.3 is 5.69 Å². The summed E-state index contributed by atoms with van der Waals surface area (Å²) in [5.41, 5.74) is 3.74. The summed E-state index contributed by atoms with van der Waals surface area (Å²) in [4.78, 5) is 40.7. The van der Waals surface area contributed by atoms with E-state index in [-0.39, 0.29) is 23.7 Å². The van der Waals surface area contributed by atoms with Crippen LogP contribution in [-0.2, 0) is 4.79 Å². The fourth-order valence-electron chi connectivity index (χ4n) is 5.49. The molecule has 2 N–H and O–H groups in total. The number of hydrogen-bond acceptors (Lipinski definition) is 6. The summed E-state index contributed by atoms with van der Waals surface area (Å²) in [7, 11) is 0. The zero-order valence-electron chi connectivity index (χ0n) is 21.4. The van der Waals surface area contributed by atoms with E-state index in [1.165, 1.54) is 30.9 Å². The van der Waals surface area contributed by atoms with Crippen LogP contribution in [0.15, 0.2) is 47.9 Å². The second-order valence-electron chi connectivity index (χ2n) is 10.8. The van der Waals surface area contributed by atoms with Gasteiger partial charge in [0.25, 0.3) is 0 Å². The number of H-pyrrole nitrogens is 1. The van der Waals surface area contributed by atoms with Gasteiger partial charge < -0.3 is 15.2 Å². The van der Waals surface area contributed by atoms with Gasteiger partial charge in [0.1, 0.15) is 5.52 Å². The first-order chi connectivity index (χ1) is 18.0. The maximum absolute atomic E-state index is 12.3. The fraction of sp³-hybridized carbons (Fsp3) is 0.500. The molecule has 0 unspecified atom stereocenters. The minimum Gasteiger partial charge on any atom is -0.348 e. The molecule has 6 rings (SSSR count). The van der Waals surface area contributed by atoms with Crippen molar-refractivity contribution in [2.45, 2.75) is 57.2 Å². The van der Waals surface area contributed by atoms with Crippen LogP contribution in [0.1, 0.15) is 68.3 Å². The summed E-state index contributed by atoms with van der Waals surface area (Å²) in [6.07, 6.45) is 8.97. The van der Waals surface area contributed by atoms with Crippen molar-refractivity contribution >= 4 is 23.0 Å². The molecule has 0 radical (unpaired) electrons. The van der Waals surface area contributed by atoms with E-state index >= 15 is 0 Å². The van der Waals surface area contributed by atoms with Crippen molar-refractivity contribution in [1.82, 2.24) is 29.3 Å². The molecule has 1 aliphatic heterocycles. The lowest BCUT2D eigenvalue weighted by Crippen LogP contribution is -2.49. The van der Waals surface area contributed by atoms with Crippen LogP contribution in [-0.4, -0.2) is 61.4 Å². The molecular formula is C28H35N7O2. The number of fused-ring (bicyclic) bond motifs is 1. The van der Waals surface area contributed by atoms with Crippen LogP contribution in [0.4, 0.5) is 5.95 Å². The third kappa shape index (κ3) is 5.05. The molecule has 0 bridgehead atoms. The van der Waals surface area contributed by atoms with Crippen LogP contribution in [0.25, 0.3) is 11.2 Å². The summed E-state index contributed by atoms with van der Waals surface area (Å²) in [6, 6.07) is 9.54. The molecule has 9 nitrogen and oxygen atoms in total. The lowest BCUT2D eigenvalue weighted by Gasteiger charge is -2.39. The van der Waals surface area contributed by atoms with Gasteiger partial charge in [0, 0.05) is 38.3 Å². The smallest absolute Gasteiger partial charge is 0.327 e. The number of nitrogens with zero attached hydrogens (tertiary/aromatic N) is 5. The quantitative estimate of drug-likeness (QED) is 0.433. The molecule has 194 valence electrons. The van der Waals surface area contributed by atoms with Gasteiger partial charge in [-0.15, -0.1) is 0 Å². The average molecular weight is 502 g/mol. The maximum atomic E-state index is 12.3. The summed E-state index contributed by atoms with van der Waals surface area (Å²) >= 11 is 0. The van der Waals surface area contributed by atoms with E-state index in [4.69, 9.17) is 0 Å². The Morgan fingerprint density at radius 1 is 1.14 bits per heavy atom. The predicted octanol–water partition coefficient (Wildman–Crippen LogP) is 3.80. The molecule has 2 saturated carbocycles. The molecule has 3 fully saturated rings. The molecular weight excluding hydrogens is 466 g/mol. The van der Waals surface area contributed by atoms with Crippen molar-refractivity contribution in [2.75, 3.05) is 31.5 Å². The maximum Gasteiger partial charge on any atom is 0.327 e. The van der Waals surface area contributed by atoms with E-state index in [0.717, 1.165) is 50.5 Å². The highest BCUT2D eigenvalue weighted by molar-refractivity contribution is 5.87. The number of rotatable bonds is 9. The first kappa shape index (κ1) is 23.9. The first-order valence-corrected chi connectivity index (χ1v) is 13.5. The lowest BCUT2D eigenvalue weighted by molar-refractivity contribution is -0.128. The number of carbonyl (C=O) groups is 1. The van der Waals surface area contributed by atoms with Gasteiger partial charge in [-0.3, -0.25) is 14.3 Å². The predicted molar refractivity (Wildman–Crippen MR) is 143 cm³/mol. The molecule has 3 aliphatic rings. The molecule has 9 heteroatoms. The van der Waals surface area contributed by atoms with Crippen LogP contribution < -0.4 is 11.0 Å². The lowest BCUT2D eigenvalue weighted by atomic mass is 9.96. The highest BCUT2D eigenvalue weighted by Crippen LogP contribution is 2.40. The van der Waals surface area contributed by atoms with Gasteiger partial charge in [-0.05, 0) is 49.3 Å². The van der Waals surface area contributed by atoms with Gasteiger partial charge in [-0.2, -0.15) is 4.98 Å². The Labute approximate surface area is 216 Å². The average Bonchev–Trinajstić information content (AvgIpc) is 3.86. The minimum absolute atomic E-state index is 0.0156. The second kappa shape index (κ2) is 9.78. The third-order valence-electron chi connectivity index (χ3n) is 8.03. The number of benzene rings is 1. The number of anilines is 1. The Balaban J connectivity index is 1.15. The summed E-state index contributed by atoms with van der Waals surface area (Å²) in [5.74, 6) is 1.36. The van der Waals surface area contributed by atoms with E-state index in [9.17, 15) is 9.59 Å². The van der Waals surface area contributed by atoms with E-state index in [0.29, 0.717) is 23.2 Å². The molecule has 2 aliphatic carbocycles. The van der Waals surface area contributed by atoms with Crippen molar-refractivity contribution in [1.29, 1.82) is 0 Å². The Hall–Kier alpha value is -3.46. The number of piperazine rings is 1. The van der Waals surface area contributed by atoms with Crippen molar-refractivity contribution in [3.63, 3.8) is 0 Å². The zero-order valence-corrected chi connectivity index (χ0v) is 21.4. The number of nitrogens with one attached hydrogen (secondary N) is 2. The van der Waals surface area contributed by atoms with Crippen LogP contribution in [0, 0.1) is 5.92 Å². The highest BCUT2D eigenvalue weighted by Gasteiger charge is 2.32. The Morgan fingerprint density at radius 3 is 2.49 bits per heavy atom. The second-order valence-corrected chi connectivity index (χ2v) is 10.8. The van der Waals surface area contributed by atoms with E-state index in [1.807, 2.05) is 4.90 Å².